The van der Waals surface area contributed by atoms with Crippen LogP contribution in [-0.2, 0) is 4.79 Å². The number of halogens is 2. The first-order chi connectivity index (χ1) is 8.75. The molecule has 3 heterocycles. The molecule has 0 saturated carbocycles. The molecule has 0 aromatic carbocycles. The molecule has 0 aromatic heterocycles. The Hall–Kier alpha value is -0.0300. The monoisotopic (exact) mass is 323 g/mol. The number of nitrogens with one attached hydrogen (secondary N) is 1. The summed E-state index contributed by atoms with van der Waals surface area (Å²) in [7, 11) is 0. The summed E-state index contributed by atoms with van der Waals surface area (Å²) in [6.07, 6.45) is 4.97. The predicted molar refractivity (Wildman–Crippen MR) is 85.9 cm³/mol. The van der Waals surface area contributed by atoms with E-state index in [1.54, 1.807) is 0 Å². The second-order valence-corrected chi connectivity index (χ2v) is 6.17. The van der Waals surface area contributed by atoms with Crippen molar-refractivity contribution in [3.8, 4) is 0 Å². The summed E-state index contributed by atoms with van der Waals surface area (Å²) >= 11 is 0. The third-order valence-corrected chi connectivity index (χ3v) is 4.88. The van der Waals surface area contributed by atoms with Crippen LogP contribution < -0.4 is 5.32 Å². The Morgan fingerprint density at radius 1 is 1.15 bits per heavy atom. The van der Waals surface area contributed by atoms with E-state index in [1.807, 2.05) is 0 Å². The highest BCUT2D eigenvalue weighted by atomic mass is 35.5. The zero-order chi connectivity index (χ0) is 12.5. The number of fused-ring (bicyclic) bond motifs is 1. The van der Waals surface area contributed by atoms with Gasteiger partial charge >= 0.3 is 0 Å². The van der Waals surface area contributed by atoms with Gasteiger partial charge in [-0.1, -0.05) is 6.42 Å². The molecule has 6 heteroatoms. The predicted octanol–water partition coefficient (Wildman–Crippen LogP) is 1.52. The lowest BCUT2D eigenvalue weighted by atomic mass is 9.95. The Balaban J connectivity index is 0.000001000. The summed E-state index contributed by atoms with van der Waals surface area (Å²) in [5.74, 6) is 0.639. The van der Waals surface area contributed by atoms with Crippen molar-refractivity contribution in [1.82, 2.24) is 15.1 Å². The van der Waals surface area contributed by atoms with Crippen molar-refractivity contribution in [2.75, 3.05) is 32.7 Å². The number of piperazine rings is 1. The van der Waals surface area contributed by atoms with Crippen LogP contribution in [-0.4, -0.2) is 60.5 Å². The van der Waals surface area contributed by atoms with Crippen LogP contribution in [0.5, 0.6) is 0 Å². The molecule has 0 spiro atoms. The second-order valence-electron chi connectivity index (χ2n) is 6.17. The lowest BCUT2D eigenvalue weighted by molar-refractivity contribution is -0.141. The number of amides is 1. The van der Waals surface area contributed by atoms with Crippen molar-refractivity contribution in [3.63, 3.8) is 0 Å². The van der Waals surface area contributed by atoms with Gasteiger partial charge < -0.3 is 10.2 Å². The summed E-state index contributed by atoms with van der Waals surface area (Å²) in [6, 6.07) is 1.03. The van der Waals surface area contributed by atoms with E-state index < -0.39 is 0 Å². The highest BCUT2D eigenvalue weighted by Crippen LogP contribution is 2.25. The lowest BCUT2D eigenvalue weighted by Crippen LogP contribution is -2.61. The lowest BCUT2D eigenvalue weighted by Gasteiger charge is -2.48. The standard InChI is InChI=1S/C14H25N3O.2ClH/c1-11-9-16-7-3-2-4-13(16)10-17(11)14(18)12-5-6-15-8-12;;/h11-13,15H,2-10H2,1H3;2*1H. The maximum Gasteiger partial charge on any atom is 0.227 e. The van der Waals surface area contributed by atoms with Crippen LogP contribution in [0, 0.1) is 5.92 Å². The minimum atomic E-state index is 0. The third-order valence-electron chi connectivity index (χ3n) is 4.88. The molecule has 0 aliphatic carbocycles. The molecule has 3 aliphatic heterocycles. The Morgan fingerprint density at radius 3 is 2.65 bits per heavy atom. The molecule has 3 aliphatic rings. The summed E-state index contributed by atoms with van der Waals surface area (Å²) in [4.78, 5) is 17.3. The van der Waals surface area contributed by atoms with Crippen molar-refractivity contribution in [3.05, 3.63) is 0 Å². The van der Waals surface area contributed by atoms with E-state index in [1.165, 1.54) is 25.8 Å². The topological polar surface area (TPSA) is 35.6 Å². The number of hydrogen-bond acceptors (Lipinski definition) is 3. The van der Waals surface area contributed by atoms with Crippen LogP contribution in [0.3, 0.4) is 0 Å². The van der Waals surface area contributed by atoms with Crippen molar-refractivity contribution in [2.45, 2.75) is 44.7 Å². The molecule has 4 nitrogen and oxygen atoms in total. The molecular weight excluding hydrogens is 297 g/mol. The number of nitrogens with zero attached hydrogens (tertiary/aromatic N) is 2. The van der Waals surface area contributed by atoms with Crippen LogP contribution in [0.15, 0.2) is 0 Å². The van der Waals surface area contributed by atoms with Gasteiger partial charge in [0.2, 0.25) is 5.91 Å². The number of piperidine rings is 1. The fourth-order valence-corrected chi connectivity index (χ4v) is 3.76. The van der Waals surface area contributed by atoms with Gasteiger partial charge in [-0.15, -0.1) is 24.8 Å². The molecule has 3 fully saturated rings. The van der Waals surface area contributed by atoms with Gasteiger partial charge in [0, 0.05) is 31.7 Å². The molecule has 3 atom stereocenters. The Morgan fingerprint density at radius 2 is 1.95 bits per heavy atom. The van der Waals surface area contributed by atoms with E-state index in [0.717, 1.165) is 32.6 Å². The molecule has 0 bridgehead atoms. The van der Waals surface area contributed by atoms with Gasteiger partial charge in [-0.2, -0.15) is 0 Å². The van der Waals surface area contributed by atoms with Gasteiger partial charge in [-0.3, -0.25) is 9.69 Å². The molecule has 0 radical (unpaired) electrons. The third kappa shape index (κ3) is 3.59. The molecule has 0 aromatic rings. The summed E-state index contributed by atoms with van der Waals surface area (Å²) in [6.45, 7) is 7.39. The average Bonchev–Trinajstić information content (AvgIpc) is 2.91. The average molecular weight is 324 g/mol. The van der Waals surface area contributed by atoms with Gasteiger partial charge in [-0.25, -0.2) is 0 Å². The maximum atomic E-state index is 12.6. The minimum Gasteiger partial charge on any atom is -0.337 e. The molecular formula is C14H27Cl2N3O. The highest BCUT2D eigenvalue weighted by molar-refractivity contribution is 5.85. The number of rotatable bonds is 1. The van der Waals surface area contributed by atoms with Crippen molar-refractivity contribution in [2.24, 2.45) is 5.92 Å². The van der Waals surface area contributed by atoms with Gasteiger partial charge in [0.05, 0.1) is 5.92 Å². The second kappa shape index (κ2) is 7.83. The van der Waals surface area contributed by atoms with E-state index in [4.69, 9.17) is 0 Å². The summed E-state index contributed by atoms with van der Waals surface area (Å²) in [5, 5.41) is 3.31. The zero-order valence-electron chi connectivity index (χ0n) is 12.2. The van der Waals surface area contributed by atoms with Gasteiger partial charge in [-0.05, 0) is 39.3 Å². The first-order valence-electron chi connectivity index (χ1n) is 7.51. The Labute approximate surface area is 134 Å². The highest BCUT2D eigenvalue weighted by Gasteiger charge is 2.37. The summed E-state index contributed by atoms with van der Waals surface area (Å²) < 4.78 is 0. The van der Waals surface area contributed by atoms with Gasteiger partial charge in [0.15, 0.2) is 0 Å². The van der Waals surface area contributed by atoms with Crippen molar-refractivity contribution < 1.29 is 4.79 Å². The molecule has 1 N–H and O–H groups in total. The van der Waals surface area contributed by atoms with Crippen LogP contribution in [0.2, 0.25) is 0 Å². The van der Waals surface area contributed by atoms with Crippen LogP contribution in [0.25, 0.3) is 0 Å². The van der Waals surface area contributed by atoms with Crippen LogP contribution >= 0.6 is 24.8 Å². The molecule has 3 rings (SSSR count). The van der Waals surface area contributed by atoms with E-state index in [-0.39, 0.29) is 30.7 Å². The number of carbonyl (C=O) groups is 1. The van der Waals surface area contributed by atoms with Crippen LogP contribution in [0.1, 0.15) is 32.6 Å². The van der Waals surface area contributed by atoms with E-state index in [9.17, 15) is 4.79 Å². The maximum absolute atomic E-state index is 12.6. The first kappa shape index (κ1) is 18.0. The van der Waals surface area contributed by atoms with Crippen molar-refractivity contribution >= 4 is 30.7 Å². The van der Waals surface area contributed by atoms with E-state index in [0.29, 0.717) is 18.0 Å². The van der Waals surface area contributed by atoms with Crippen LogP contribution in [0.4, 0.5) is 0 Å². The smallest absolute Gasteiger partial charge is 0.227 e. The number of carbonyl (C=O) groups excluding carboxylic acids is 1. The van der Waals surface area contributed by atoms with Gasteiger partial charge in [0.1, 0.15) is 0 Å². The molecule has 3 unspecified atom stereocenters. The van der Waals surface area contributed by atoms with Crippen molar-refractivity contribution in [1.29, 1.82) is 0 Å². The molecule has 3 saturated heterocycles. The molecule has 1 amide bonds. The quantitative estimate of drug-likeness (QED) is 0.794. The first-order valence-corrected chi connectivity index (χ1v) is 7.51. The molecule has 118 valence electrons. The van der Waals surface area contributed by atoms with Gasteiger partial charge in [0.25, 0.3) is 0 Å². The van der Waals surface area contributed by atoms with E-state index >= 15 is 0 Å². The number of hydrogen-bond donors (Lipinski definition) is 1. The van der Waals surface area contributed by atoms with E-state index in [2.05, 4.69) is 22.0 Å². The Bertz CT molecular complexity index is 324. The fraction of sp³-hybridized carbons (Fsp3) is 0.929. The summed E-state index contributed by atoms with van der Waals surface area (Å²) in [5.41, 5.74) is 0. The molecule has 20 heavy (non-hydrogen) atoms. The Kier molecular flexibility index (Phi) is 7.06. The largest absolute Gasteiger partial charge is 0.337 e. The fourth-order valence-electron chi connectivity index (χ4n) is 3.76. The SMILES string of the molecule is CC1CN2CCCCC2CN1C(=O)C1CCNC1.Cl.Cl. The minimum absolute atomic E-state index is 0. The zero-order valence-corrected chi connectivity index (χ0v) is 13.8. The normalized spacial score (nSPS) is 33.9.